The van der Waals surface area contributed by atoms with Gasteiger partial charge in [-0.15, -0.1) is 0 Å². The molecule has 0 aliphatic carbocycles. The number of amides is 1. The van der Waals surface area contributed by atoms with Gasteiger partial charge in [0.05, 0.1) is 12.2 Å². The summed E-state index contributed by atoms with van der Waals surface area (Å²) >= 11 is 0. The third-order valence-electron chi connectivity index (χ3n) is 3.53. The molecule has 4 heteroatoms. The van der Waals surface area contributed by atoms with Gasteiger partial charge in [-0.25, -0.2) is 0 Å². The Hall–Kier alpha value is -3.14. The predicted octanol–water partition coefficient (Wildman–Crippen LogP) is 3.98. The molecule has 24 heavy (non-hydrogen) atoms. The van der Waals surface area contributed by atoms with E-state index in [0.717, 1.165) is 22.4 Å². The number of hydrogen-bond donors (Lipinski definition) is 1. The summed E-state index contributed by atoms with van der Waals surface area (Å²) in [6.07, 6.45) is 3.32. The minimum Gasteiger partial charge on any atom is -0.359 e. The third kappa shape index (κ3) is 4.20. The van der Waals surface area contributed by atoms with Gasteiger partial charge in [-0.2, -0.15) is 0 Å². The molecule has 0 aliphatic heterocycles. The van der Waals surface area contributed by atoms with E-state index in [1.54, 1.807) is 12.1 Å². The molecule has 0 radical (unpaired) electrons. The summed E-state index contributed by atoms with van der Waals surface area (Å²) < 4.78 is 5.05. The second-order valence-corrected chi connectivity index (χ2v) is 5.48. The number of nitrogens with one attached hydrogen (secondary N) is 1. The van der Waals surface area contributed by atoms with Crippen molar-refractivity contribution in [3.63, 3.8) is 0 Å². The summed E-state index contributed by atoms with van der Waals surface area (Å²) in [6.45, 7) is 2.17. The highest BCUT2D eigenvalue weighted by molar-refractivity contribution is 5.91. The first-order valence-electron chi connectivity index (χ1n) is 7.74. The van der Waals surface area contributed by atoms with E-state index >= 15 is 0 Å². The van der Waals surface area contributed by atoms with Crippen molar-refractivity contribution in [2.45, 2.75) is 13.5 Å². The molecule has 0 aliphatic rings. The standard InChI is InChI=1S/C20H18N2O2/c1-15-12-19(24-22-15)14-21-20(23)11-10-16-6-5-9-18(13-16)17-7-3-2-4-8-17/h2-13H,14H2,1H3,(H,21,23)/b11-10+. The van der Waals surface area contributed by atoms with Crippen molar-refractivity contribution in [2.24, 2.45) is 0 Å². The van der Waals surface area contributed by atoms with Crippen molar-refractivity contribution in [1.29, 1.82) is 0 Å². The maximum atomic E-state index is 11.9. The Kier molecular flexibility index (Phi) is 4.87. The van der Waals surface area contributed by atoms with Crippen LogP contribution in [0.15, 0.2) is 71.3 Å². The average Bonchev–Trinajstić information content (AvgIpc) is 3.04. The number of rotatable bonds is 5. The molecule has 4 nitrogen and oxygen atoms in total. The topological polar surface area (TPSA) is 55.1 Å². The summed E-state index contributed by atoms with van der Waals surface area (Å²) in [6, 6.07) is 20.0. The van der Waals surface area contributed by atoms with Gasteiger partial charge < -0.3 is 9.84 Å². The first-order valence-corrected chi connectivity index (χ1v) is 7.74. The number of carbonyl (C=O) groups excluding carboxylic acids is 1. The van der Waals surface area contributed by atoms with E-state index in [4.69, 9.17) is 4.52 Å². The molecule has 0 unspecified atom stereocenters. The van der Waals surface area contributed by atoms with E-state index in [1.165, 1.54) is 6.08 Å². The molecule has 3 aromatic rings. The van der Waals surface area contributed by atoms with Crippen LogP contribution in [-0.4, -0.2) is 11.1 Å². The predicted molar refractivity (Wildman–Crippen MR) is 94.0 cm³/mol. The number of aromatic nitrogens is 1. The van der Waals surface area contributed by atoms with E-state index in [9.17, 15) is 4.79 Å². The molecule has 3 rings (SSSR count). The summed E-state index contributed by atoms with van der Waals surface area (Å²) in [5.41, 5.74) is 4.04. The maximum absolute atomic E-state index is 11.9. The Morgan fingerprint density at radius 3 is 2.62 bits per heavy atom. The molecule has 0 atom stereocenters. The lowest BCUT2D eigenvalue weighted by molar-refractivity contribution is -0.116. The molecule has 0 saturated carbocycles. The smallest absolute Gasteiger partial charge is 0.244 e. The Morgan fingerprint density at radius 2 is 1.88 bits per heavy atom. The van der Waals surface area contributed by atoms with Crippen LogP contribution in [0.25, 0.3) is 17.2 Å². The SMILES string of the molecule is Cc1cc(CNC(=O)/C=C/c2cccc(-c3ccccc3)c2)on1. The van der Waals surface area contributed by atoms with Gasteiger partial charge in [0.25, 0.3) is 0 Å². The van der Waals surface area contributed by atoms with Gasteiger partial charge in [-0.1, -0.05) is 53.7 Å². The highest BCUT2D eigenvalue weighted by atomic mass is 16.5. The Balaban J connectivity index is 1.62. The van der Waals surface area contributed by atoms with Crippen LogP contribution < -0.4 is 5.32 Å². The van der Waals surface area contributed by atoms with Crippen LogP contribution >= 0.6 is 0 Å². The van der Waals surface area contributed by atoms with Gasteiger partial charge in [-0.3, -0.25) is 4.79 Å². The van der Waals surface area contributed by atoms with Crippen molar-refractivity contribution >= 4 is 12.0 Å². The van der Waals surface area contributed by atoms with E-state index in [-0.39, 0.29) is 5.91 Å². The first-order chi connectivity index (χ1) is 11.7. The van der Waals surface area contributed by atoms with Crippen LogP contribution in [0, 0.1) is 6.92 Å². The average molecular weight is 318 g/mol. The number of hydrogen-bond acceptors (Lipinski definition) is 3. The zero-order valence-electron chi connectivity index (χ0n) is 13.4. The largest absolute Gasteiger partial charge is 0.359 e. The van der Waals surface area contributed by atoms with Gasteiger partial charge in [0, 0.05) is 12.1 Å². The minimum atomic E-state index is -0.172. The van der Waals surface area contributed by atoms with Crippen molar-refractivity contribution in [1.82, 2.24) is 10.5 Å². The van der Waals surface area contributed by atoms with Crippen molar-refractivity contribution in [3.05, 3.63) is 83.8 Å². The fourth-order valence-electron chi connectivity index (χ4n) is 2.36. The normalized spacial score (nSPS) is 10.9. The quantitative estimate of drug-likeness (QED) is 0.724. The van der Waals surface area contributed by atoms with Gasteiger partial charge in [0.1, 0.15) is 0 Å². The summed E-state index contributed by atoms with van der Waals surface area (Å²) in [5, 5.41) is 6.55. The molecule has 1 aromatic heterocycles. The molecule has 0 spiro atoms. The van der Waals surface area contributed by atoms with E-state index in [2.05, 4.69) is 34.7 Å². The lowest BCUT2D eigenvalue weighted by Gasteiger charge is -2.03. The fourth-order valence-corrected chi connectivity index (χ4v) is 2.36. The molecule has 1 amide bonds. The number of carbonyl (C=O) groups is 1. The van der Waals surface area contributed by atoms with E-state index in [1.807, 2.05) is 37.3 Å². The Morgan fingerprint density at radius 1 is 1.08 bits per heavy atom. The molecular weight excluding hydrogens is 300 g/mol. The zero-order chi connectivity index (χ0) is 16.8. The van der Waals surface area contributed by atoms with Crippen molar-refractivity contribution in [3.8, 4) is 11.1 Å². The van der Waals surface area contributed by atoms with Gasteiger partial charge in [-0.05, 0) is 35.8 Å². The van der Waals surface area contributed by atoms with Crippen molar-refractivity contribution < 1.29 is 9.32 Å². The van der Waals surface area contributed by atoms with E-state index < -0.39 is 0 Å². The summed E-state index contributed by atoms with van der Waals surface area (Å²) in [7, 11) is 0. The third-order valence-corrected chi connectivity index (χ3v) is 3.53. The minimum absolute atomic E-state index is 0.172. The number of benzene rings is 2. The van der Waals surface area contributed by atoms with Crippen LogP contribution in [-0.2, 0) is 11.3 Å². The fraction of sp³-hybridized carbons (Fsp3) is 0.100. The van der Waals surface area contributed by atoms with Crippen LogP contribution in [0.4, 0.5) is 0 Å². The van der Waals surface area contributed by atoms with Crippen molar-refractivity contribution in [2.75, 3.05) is 0 Å². The Labute approximate surface area is 140 Å². The molecule has 1 heterocycles. The van der Waals surface area contributed by atoms with Crippen LogP contribution in [0.1, 0.15) is 17.0 Å². The lowest BCUT2D eigenvalue weighted by atomic mass is 10.0. The lowest BCUT2D eigenvalue weighted by Crippen LogP contribution is -2.19. The summed E-state index contributed by atoms with van der Waals surface area (Å²) in [5.74, 6) is 0.467. The molecule has 1 N–H and O–H groups in total. The second-order valence-electron chi connectivity index (χ2n) is 5.48. The summed E-state index contributed by atoms with van der Waals surface area (Å²) in [4.78, 5) is 11.9. The Bertz CT molecular complexity index is 851. The maximum Gasteiger partial charge on any atom is 0.244 e. The van der Waals surface area contributed by atoms with Gasteiger partial charge in [0.2, 0.25) is 5.91 Å². The highest BCUT2D eigenvalue weighted by Gasteiger charge is 2.02. The first kappa shape index (κ1) is 15.7. The van der Waals surface area contributed by atoms with Crippen LogP contribution in [0.5, 0.6) is 0 Å². The number of aryl methyl sites for hydroxylation is 1. The molecule has 0 bridgehead atoms. The second kappa shape index (κ2) is 7.42. The highest BCUT2D eigenvalue weighted by Crippen LogP contribution is 2.20. The molecule has 0 saturated heterocycles. The molecule has 2 aromatic carbocycles. The molecule has 0 fully saturated rings. The zero-order valence-corrected chi connectivity index (χ0v) is 13.4. The van der Waals surface area contributed by atoms with Crippen LogP contribution in [0.2, 0.25) is 0 Å². The van der Waals surface area contributed by atoms with E-state index in [0.29, 0.717) is 12.3 Å². The van der Waals surface area contributed by atoms with Gasteiger partial charge >= 0.3 is 0 Å². The van der Waals surface area contributed by atoms with Crippen LogP contribution in [0.3, 0.4) is 0 Å². The molecular formula is C20H18N2O2. The monoisotopic (exact) mass is 318 g/mol. The number of nitrogens with zero attached hydrogens (tertiary/aromatic N) is 1. The molecule has 120 valence electrons. The van der Waals surface area contributed by atoms with Gasteiger partial charge in [0.15, 0.2) is 5.76 Å².